The van der Waals surface area contributed by atoms with Crippen molar-refractivity contribution in [1.29, 1.82) is 0 Å². The van der Waals surface area contributed by atoms with Gasteiger partial charge in [-0.2, -0.15) is 0 Å². The van der Waals surface area contributed by atoms with Crippen LogP contribution in [0.1, 0.15) is 19.5 Å². The number of fused-ring (bicyclic) bond motifs is 1. The lowest BCUT2D eigenvalue weighted by molar-refractivity contribution is -0.119. The summed E-state index contributed by atoms with van der Waals surface area (Å²) in [7, 11) is 0. The van der Waals surface area contributed by atoms with E-state index in [1.54, 1.807) is 34.1 Å². The Bertz CT molecular complexity index is 1030. The number of rotatable bonds is 7. The molecule has 0 aliphatic heterocycles. The number of halogens is 1. The summed E-state index contributed by atoms with van der Waals surface area (Å²) < 4.78 is 7.23. The van der Waals surface area contributed by atoms with Gasteiger partial charge < -0.3 is 20.8 Å². The average Bonchev–Trinajstić information content (AvgIpc) is 3.15. The number of carbonyl (C=O) groups excluding carboxylic acids is 1. The summed E-state index contributed by atoms with van der Waals surface area (Å²) in [5.41, 5.74) is 12.9. The predicted molar refractivity (Wildman–Crippen MR) is 116 cm³/mol. The van der Waals surface area contributed by atoms with Gasteiger partial charge in [-0.25, -0.2) is 0 Å². The number of nitrogens with two attached hydrogens (primary N) is 2. The van der Waals surface area contributed by atoms with E-state index in [-0.39, 0.29) is 31.1 Å². The summed E-state index contributed by atoms with van der Waals surface area (Å²) in [4.78, 5) is 25.2. The third-order valence-corrected chi connectivity index (χ3v) is 5.13. The van der Waals surface area contributed by atoms with E-state index in [1.165, 1.54) is 0 Å². The molecule has 0 fully saturated rings. The molecule has 28 heavy (non-hydrogen) atoms. The molecule has 0 saturated heterocycles. The Morgan fingerprint density at radius 3 is 2.57 bits per heavy atom. The first-order chi connectivity index (χ1) is 12.9. The molecule has 150 valence electrons. The molecule has 0 spiro atoms. The lowest BCUT2D eigenvalue weighted by Crippen LogP contribution is -2.28. The topological polar surface area (TPSA) is 100 Å². The summed E-state index contributed by atoms with van der Waals surface area (Å²) in [5.74, 6) is 0.242. The van der Waals surface area contributed by atoms with Crippen LogP contribution in [0.25, 0.3) is 21.2 Å². The standard InChI is InChI=1S/C20H23N3O3S.ClH/c1-12(2)10-23-16(9-21)19(17-4-3-7-27-17)15-8-13(26-11-18(22)24)5-6-14(15)20(23)25;/h3-8,12H,9-11,21H2,1-2H3,(H2,22,24);1H. The van der Waals surface area contributed by atoms with Crippen LogP contribution in [-0.2, 0) is 17.9 Å². The Balaban J connectivity index is 0.00000280. The summed E-state index contributed by atoms with van der Waals surface area (Å²) in [6.07, 6.45) is 0. The van der Waals surface area contributed by atoms with E-state index in [2.05, 4.69) is 13.8 Å². The van der Waals surface area contributed by atoms with Gasteiger partial charge >= 0.3 is 0 Å². The van der Waals surface area contributed by atoms with Crippen LogP contribution in [-0.4, -0.2) is 17.1 Å². The molecule has 1 aromatic carbocycles. The maximum absolute atomic E-state index is 13.1. The van der Waals surface area contributed by atoms with E-state index >= 15 is 0 Å². The molecule has 1 amide bonds. The number of thiophene rings is 1. The first-order valence-electron chi connectivity index (χ1n) is 8.76. The van der Waals surface area contributed by atoms with E-state index < -0.39 is 5.91 Å². The van der Waals surface area contributed by atoms with Crippen molar-refractivity contribution in [3.63, 3.8) is 0 Å². The third kappa shape index (κ3) is 4.38. The maximum atomic E-state index is 13.1. The van der Waals surface area contributed by atoms with Gasteiger partial charge in [-0.1, -0.05) is 19.9 Å². The van der Waals surface area contributed by atoms with Crippen molar-refractivity contribution in [2.45, 2.75) is 26.9 Å². The summed E-state index contributed by atoms with van der Waals surface area (Å²) >= 11 is 1.59. The Hall–Kier alpha value is -2.35. The van der Waals surface area contributed by atoms with Crippen molar-refractivity contribution in [3.05, 3.63) is 51.8 Å². The van der Waals surface area contributed by atoms with Gasteiger partial charge in [0.25, 0.3) is 11.5 Å². The normalized spacial score (nSPS) is 10.9. The summed E-state index contributed by atoms with van der Waals surface area (Å²) in [6, 6.07) is 9.19. The SMILES string of the molecule is CC(C)Cn1c(CN)c(-c2cccs2)c2cc(OCC(N)=O)ccc2c1=O.Cl. The first-order valence-corrected chi connectivity index (χ1v) is 9.64. The van der Waals surface area contributed by atoms with E-state index in [1.807, 2.05) is 17.5 Å². The molecule has 0 unspecified atom stereocenters. The molecular weight excluding hydrogens is 398 g/mol. The lowest BCUT2D eigenvalue weighted by atomic mass is 10.0. The van der Waals surface area contributed by atoms with Crippen LogP contribution in [0.2, 0.25) is 0 Å². The monoisotopic (exact) mass is 421 g/mol. The number of aromatic nitrogens is 1. The molecule has 3 aromatic rings. The molecule has 8 heteroatoms. The van der Waals surface area contributed by atoms with Gasteiger partial charge in [0.1, 0.15) is 5.75 Å². The number of primary amides is 1. The van der Waals surface area contributed by atoms with E-state index in [9.17, 15) is 9.59 Å². The van der Waals surface area contributed by atoms with Crippen molar-refractivity contribution in [2.75, 3.05) is 6.61 Å². The number of pyridine rings is 1. The Labute approximate surface area is 173 Å². The zero-order valence-corrected chi connectivity index (χ0v) is 17.4. The first kappa shape index (κ1) is 21.9. The number of nitrogens with zero attached hydrogens (tertiary/aromatic N) is 1. The van der Waals surface area contributed by atoms with Crippen molar-refractivity contribution >= 4 is 40.4 Å². The van der Waals surface area contributed by atoms with Crippen LogP contribution in [0.15, 0.2) is 40.5 Å². The molecule has 0 atom stereocenters. The molecule has 0 radical (unpaired) electrons. The molecule has 0 bridgehead atoms. The highest BCUT2D eigenvalue weighted by atomic mass is 35.5. The minimum absolute atomic E-state index is 0. The smallest absolute Gasteiger partial charge is 0.258 e. The molecule has 3 rings (SSSR count). The zero-order valence-electron chi connectivity index (χ0n) is 15.8. The second-order valence-electron chi connectivity index (χ2n) is 6.78. The van der Waals surface area contributed by atoms with E-state index in [0.717, 1.165) is 21.5 Å². The Kier molecular flexibility index (Phi) is 7.23. The number of hydrogen-bond donors (Lipinski definition) is 2. The average molecular weight is 422 g/mol. The lowest BCUT2D eigenvalue weighted by Gasteiger charge is -2.20. The number of benzene rings is 1. The van der Waals surface area contributed by atoms with Gasteiger partial charge in [-0.15, -0.1) is 23.7 Å². The van der Waals surface area contributed by atoms with Crippen LogP contribution in [0.3, 0.4) is 0 Å². The van der Waals surface area contributed by atoms with Gasteiger partial charge in [0.05, 0.1) is 0 Å². The molecule has 2 heterocycles. The van der Waals surface area contributed by atoms with Gasteiger partial charge in [-0.3, -0.25) is 9.59 Å². The largest absolute Gasteiger partial charge is 0.484 e. The van der Waals surface area contributed by atoms with Gasteiger partial charge in [0.15, 0.2) is 6.61 Å². The quantitative estimate of drug-likeness (QED) is 0.612. The van der Waals surface area contributed by atoms with Crippen LogP contribution in [0.4, 0.5) is 0 Å². The number of carbonyl (C=O) groups is 1. The number of hydrogen-bond acceptors (Lipinski definition) is 5. The van der Waals surface area contributed by atoms with E-state index in [0.29, 0.717) is 23.6 Å². The Morgan fingerprint density at radius 2 is 2.00 bits per heavy atom. The minimum atomic E-state index is -0.552. The van der Waals surface area contributed by atoms with Crippen molar-refractivity contribution in [2.24, 2.45) is 17.4 Å². The summed E-state index contributed by atoms with van der Waals surface area (Å²) in [5, 5.41) is 3.36. The second kappa shape index (κ2) is 9.23. The maximum Gasteiger partial charge on any atom is 0.258 e. The highest BCUT2D eigenvalue weighted by molar-refractivity contribution is 7.13. The number of amides is 1. The van der Waals surface area contributed by atoms with Crippen LogP contribution in [0.5, 0.6) is 5.75 Å². The van der Waals surface area contributed by atoms with Crippen molar-refractivity contribution < 1.29 is 9.53 Å². The predicted octanol–water partition coefficient (Wildman–Crippen LogP) is 3.13. The molecule has 0 saturated carbocycles. The van der Waals surface area contributed by atoms with Gasteiger partial charge in [0.2, 0.25) is 0 Å². The van der Waals surface area contributed by atoms with Crippen molar-refractivity contribution in [1.82, 2.24) is 4.57 Å². The molecular formula is C20H24ClN3O3S. The fourth-order valence-electron chi connectivity index (χ4n) is 3.19. The zero-order chi connectivity index (χ0) is 19.6. The second-order valence-corrected chi connectivity index (χ2v) is 7.72. The van der Waals surface area contributed by atoms with Crippen LogP contribution < -0.4 is 21.8 Å². The highest BCUT2D eigenvalue weighted by Crippen LogP contribution is 2.35. The fourth-order valence-corrected chi connectivity index (χ4v) is 3.99. The Morgan fingerprint density at radius 1 is 1.25 bits per heavy atom. The third-order valence-electron chi connectivity index (χ3n) is 4.24. The molecule has 4 N–H and O–H groups in total. The molecule has 2 aromatic heterocycles. The molecule has 6 nitrogen and oxygen atoms in total. The highest BCUT2D eigenvalue weighted by Gasteiger charge is 2.19. The molecule has 0 aliphatic rings. The summed E-state index contributed by atoms with van der Waals surface area (Å²) in [6.45, 7) is 4.77. The van der Waals surface area contributed by atoms with Gasteiger partial charge in [0, 0.05) is 40.0 Å². The molecule has 0 aliphatic carbocycles. The van der Waals surface area contributed by atoms with Crippen molar-refractivity contribution in [3.8, 4) is 16.2 Å². The number of ether oxygens (including phenoxy) is 1. The van der Waals surface area contributed by atoms with Crippen LogP contribution >= 0.6 is 23.7 Å². The minimum Gasteiger partial charge on any atom is -0.484 e. The van der Waals surface area contributed by atoms with Crippen LogP contribution in [0, 0.1) is 5.92 Å². The van der Waals surface area contributed by atoms with Gasteiger partial charge in [-0.05, 0) is 35.6 Å². The van der Waals surface area contributed by atoms with E-state index in [4.69, 9.17) is 16.2 Å². The fraction of sp³-hybridized carbons (Fsp3) is 0.300.